The van der Waals surface area contributed by atoms with Gasteiger partial charge in [0.05, 0.1) is 42.3 Å². The van der Waals surface area contributed by atoms with Crippen LogP contribution in [0.15, 0.2) is 30.7 Å². The fourth-order valence-corrected chi connectivity index (χ4v) is 9.55. The van der Waals surface area contributed by atoms with E-state index in [0.717, 1.165) is 56.2 Å². The molecule has 4 atom stereocenters. The molecule has 2 aromatic rings. The van der Waals surface area contributed by atoms with E-state index < -0.39 is 16.1 Å². The summed E-state index contributed by atoms with van der Waals surface area (Å²) in [6.45, 7) is 0.290. The maximum absolute atomic E-state index is 14.9. The summed E-state index contributed by atoms with van der Waals surface area (Å²) in [5.41, 5.74) is 2.33. The molecule has 8 rings (SSSR count). The molecule has 188 valence electrons. The molecule has 5 aliphatic carbocycles. The second kappa shape index (κ2) is 7.84. The number of aromatic nitrogens is 2. The smallest absolute Gasteiger partial charge is 0.215 e. The summed E-state index contributed by atoms with van der Waals surface area (Å²) in [5, 5.41) is 15.0. The summed E-state index contributed by atoms with van der Waals surface area (Å²) in [5.74, 6) is 1.28. The van der Waals surface area contributed by atoms with E-state index in [4.69, 9.17) is 0 Å². The molecule has 6 aliphatic rings. The van der Waals surface area contributed by atoms with Crippen molar-refractivity contribution in [3.05, 3.63) is 42.1 Å². The number of halogens is 1. The highest BCUT2D eigenvalue weighted by Gasteiger charge is 2.58. The van der Waals surface area contributed by atoms with Crippen molar-refractivity contribution in [2.75, 3.05) is 6.67 Å². The summed E-state index contributed by atoms with van der Waals surface area (Å²) in [6, 6.07) is 5.24. The highest BCUT2D eigenvalue weighted by molar-refractivity contribution is 7.90. The fourth-order valence-electron chi connectivity index (χ4n) is 8.28. The van der Waals surface area contributed by atoms with Crippen LogP contribution in [0.2, 0.25) is 0 Å². The molecule has 1 aliphatic heterocycles. The van der Waals surface area contributed by atoms with Crippen LogP contribution < -0.4 is 10.0 Å². The molecule has 5 fully saturated rings. The molecule has 3 N–H and O–H groups in total. The monoisotopic (exact) mass is 500 g/mol. The van der Waals surface area contributed by atoms with Crippen molar-refractivity contribution in [2.45, 2.75) is 74.8 Å². The lowest BCUT2D eigenvalue weighted by Crippen LogP contribution is -2.62. The number of hydrogen-bond acceptors (Lipinski definition) is 5. The highest BCUT2D eigenvalue weighted by Crippen LogP contribution is 2.62. The van der Waals surface area contributed by atoms with E-state index in [1.165, 1.54) is 6.07 Å². The van der Waals surface area contributed by atoms with Gasteiger partial charge in [0.1, 0.15) is 5.82 Å². The number of benzene rings is 1. The first-order valence-electron chi connectivity index (χ1n) is 13.1. The van der Waals surface area contributed by atoms with Crippen molar-refractivity contribution in [3.8, 4) is 11.3 Å². The summed E-state index contributed by atoms with van der Waals surface area (Å²) in [4.78, 5) is 4.29. The normalized spacial score (nSPS) is 35.8. The fraction of sp³-hybridized carbons (Fsp3) is 0.654. The third-order valence-electron chi connectivity index (χ3n) is 9.71. The third-order valence-corrected chi connectivity index (χ3v) is 11.6. The number of sulfonamides is 1. The van der Waals surface area contributed by atoms with Crippen molar-refractivity contribution in [1.82, 2.24) is 19.6 Å². The van der Waals surface area contributed by atoms with E-state index in [9.17, 15) is 17.9 Å². The van der Waals surface area contributed by atoms with Gasteiger partial charge < -0.3 is 15.0 Å². The molecule has 9 heteroatoms. The quantitative estimate of drug-likeness (QED) is 0.484. The summed E-state index contributed by atoms with van der Waals surface area (Å²) in [7, 11) is -3.19. The summed E-state index contributed by atoms with van der Waals surface area (Å²) >= 11 is 0. The zero-order chi connectivity index (χ0) is 23.9. The molecule has 0 spiro atoms. The van der Waals surface area contributed by atoms with E-state index in [1.54, 1.807) is 18.6 Å². The molecular weight excluding hydrogens is 467 g/mol. The molecule has 4 unspecified atom stereocenters. The van der Waals surface area contributed by atoms with Gasteiger partial charge in [-0.3, -0.25) is 0 Å². The minimum Gasteiger partial charge on any atom is -0.392 e. The predicted molar refractivity (Wildman–Crippen MR) is 129 cm³/mol. The Morgan fingerprint density at radius 1 is 1.20 bits per heavy atom. The molecule has 35 heavy (non-hydrogen) atoms. The van der Waals surface area contributed by atoms with Crippen LogP contribution in [0.3, 0.4) is 0 Å². The van der Waals surface area contributed by atoms with E-state index >= 15 is 0 Å². The molecule has 0 amide bonds. The van der Waals surface area contributed by atoms with Gasteiger partial charge in [0.15, 0.2) is 0 Å². The summed E-state index contributed by atoms with van der Waals surface area (Å²) in [6.07, 6.45) is 10.3. The van der Waals surface area contributed by atoms with Crippen molar-refractivity contribution < 1.29 is 17.9 Å². The van der Waals surface area contributed by atoms with Crippen LogP contribution in [0.25, 0.3) is 11.3 Å². The van der Waals surface area contributed by atoms with E-state index in [2.05, 4.69) is 15.0 Å². The lowest BCUT2D eigenvalue weighted by molar-refractivity contribution is -0.137. The third kappa shape index (κ3) is 3.53. The first-order chi connectivity index (χ1) is 16.8. The van der Waals surface area contributed by atoms with Gasteiger partial charge in [-0.25, -0.2) is 22.5 Å². The molecule has 2 heterocycles. The molecule has 4 bridgehead atoms. The van der Waals surface area contributed by atoms with Gasteiger partial charge in [0.2, 0.25) is 10.0 Å². The number of nitrogens with zero attached hydrogens (tertiary/aromatic N) is 2. The van der Waals surface area contributed by atoms with Crippen LogP contribution in [0.4, 0.5) is 4.39 Å². The van der Waals surface area contributed by atoms with Gasteiger partial charge >= 0.3 is 0 Å². The highest BCUT2D eigenvalue weighted by atomic mass is 32.2. The SMILES string of the molecule is O=S(=O)(NCNC1C2CC3CC1CC(C(O)CC1c4c(F)cccc4-c4cncn41)(C3)C2)C1CC1. The number of aliphatic hydroxyl groups excluding tert-OH is 1. The van der Waals surface area contributed by atoms with Gasteiger partial charge in [0.25, 0.3) is 0 Å². The Hall–Kier alpha value is -1.81. The Morgan fingerprint density at radius 2 is 1.97 bits per heavy atom. The van der Waals surface area contributed by atoms with E-state index in [-0.39, 0.29) is 29.2 Å². The standard InChI is InChI=1S/C26H33FN4O3S/c27-20-3-1-2-19-22-12-28-14-31(22)21(24(19)20)8-23(32)26-9-15-6-16(10-26)25(17(7-15)11-26)29-13-30-35(33,34)18-4-5-18/h1-3,12,14-18,21,23,25,29-30,32H,4-11,13H2. The molecule has 5 saturated carbocycles. The molecule has 0 saturated heterocycles. The van der Waals surface area contributed by atoms with Gasteiger partial charge in [-0.2, -0.15) is 0 Å². The van der Waals surface area contributed by atoms with Gasteiger partial charge in [0, 0.05) is 17.2 Å². The molecule has 0 radical (unpaired) electrons. The first kappa shape index (κ1) is 22.4. The second-order valence-electron chi connectivity index (χ2n) is 11.8. The molecule has 1 aromatic heterocycles. The van der Waals surface area contributed by atoms with Crippen molar-refractivity contribution in [3.63, 3.8) is 0 Å². The van der Waals surface area contributed by atoms with Crippen molar-refractivity contribution >= 4 is 10.0 Å². The Balaban J connectivity index is 1.08. The number of imidazole rings is 1. The van der Waals surface area contributed by atoms with Crippen molar-refractivity contribution in [1.29, 1.82) is 0 Å². The molecular formula is C26H33FN4O3S. The Morgan fingerprint density at radius 3 is 2.71 bits per heavy atom. The van der Waals surface area contributed by atoms with Crippen LogP contribution in [-0.4, -0.2) is 47.1 Å². The minimum atomic E-state index is -3.19. The topological polar surface area (TPSA) is 96.2 Å². The second-order valence-corrected chi connectivity index (χ2v) is 13.8. The Kier molecular flexibility index (Phi) is 5.02. The van der Waals surface area contributed by atoms with Crippen LogP contribution in [0.5, 0.6) is 0 Å². The zero-order valence-corrected chi connectivity index (χ0v) is 20.6. The van der Waals surface area contributed by atoms with Crippen LogP contribution in [0.1, 0.15) is 63.0 Å². The van der Waals surface area contributed by atoms with E-state index in [0.29, 0.717) is 35.8 Å². The number of fused-ring (bicyclic) bond motifs is 3. The first-order valence-corrected chi connectivity index (χ1v) is 14.6. The lowest BCUT2D eigenvalue weighted by Gasteiger charge is -2.61. The molecule has 1 aromatic carbocycles. The zero-order valence-electron chi connectivity index (χ0n) is 19.7. The van der Waals surface area contributed by atoms with E-state index in [1.807, 2.05) is 10.6 Å². The van der Waals surface area contributed by atoms with Crippen molar-refractivity contribution in [2.24, 2.45) is 23.2 Å². The number of aliphatic hydroxyl groups is 1. The number of hydrogen-bond donors (Lipinski definition) is 3. The van der Waals surface area contributed by atoms with Crippen LogP contribution in [-0.2, 0) is 10.0 Å². The minimum absolute atomic E-state index is 0.142. The summed E-state index contributed by atoms with van der Waals surface area (Å²) < 4.78 is 44.1. The van der Waals surface area contributed by atoms with Gasteiger partial charge in [-0.1, -0.05) is 12.1 Å². The Bertz CT molecular complexity index is 1240. The Labute approximate surface area is 205 Å². The maximum atomic E-state index is 14.9. The largest absolute Gasteiger partial charge is 0.392 e. The van der Waals surface area contributed by atoms with Gasteiger partial charge in [-0.05, 0) is 80.6 Å². The van der Waals surface area contributed by atoms with Gasteiger partial charge in [-0.15, -0.1) is 0 Å². The average molecular weight is 501 g/mol. The average Bonchev–Trinajstić information content (AvgIpc) is 3.50. The number of nitrogens with one attached hydrogen (secondary N) is 2. The van der Waals surface area contributed by atoms with Crippen LogP contribution >= 0.6 is 0 Å². The van der Waals surface area contributed by atoms with Crippen LogP contribution in [0, 0.1) is 29.0 Å². The lowest BCUT2D eigenvalue weighted by atomic mass is 9.46. The molecule has 7 nitrogen and oxygen atoms in total. The number of rotatable bonds is 8. The predicted octanol–water partition coefficient (Wildman–Crippen LogP) is 3.17. The maximum Gasteiger partial charge on any atom is 0.215 e.